The van der Waals surface area contributed by atoms with Crippen LogP contribution in [0.5, 0.6) is 5.88 Å². The van der Waals surface area contributed by atoms with Crippen LogP contribution in [0.2, 0.25) is 0 Å². The van der Waals surface area contributed by atoms with Crippen molar-refractivity contribution in [3.05, 3.63) is 66.2 Å². The lowest BCUT2D eigenvalue weighted by molar-refractivity contribution is -0.118. The molecule has 30 heavy (non-hydrogen) atoms. The second-order valence-corrected chi connectivity index (χ2v) is 8.52. The number of aliphatic hydroxyl groups is 1. The molecule has 0 atom stereocenters. The largest absolute Gasteiger partial charge is 0.466 e. The van der Waals surface area contributed by atoms with Crippen LogP contribution in [0.3, 0.4) is 0 Å². The molecule has 2 aromatic carbocycles. The average Bonchev–Trinajstić information content (AvgIpc) is 2.72. The Hall–Kier alpha value is -3.22. The van der Waals surface area contributed by atoms with E-state index in [1.165, 1.54) is 0 Å². The summed E-state index contributed by atoms with van der Waals surface area (Å²) in [6.45, 7) is 1.77. The topological polar surface area (TPSA) is 97.5 Å². The van der Waals surface area contributed by atoms with Gasteiger partial charge < -0.3 is 20.9 Å². The quantitative estimate of drug-likeness (QED) is 0.625. The van der Waals surface area contributed by atoms with E-state index in [1.54, 1.807) is 0 Å². The van der Waals surface area contributed by atoms with Crippen molar-refractivity contribution >= 4 is 11.6 Å². The standard InChI is InChI=1S/C24H23N3O3/c1-23(29)13-24(25,14-23)17-9-7-16(8-10-17)21-18(15-5-3-2-4-6-15)11-19-22(27-21)30-12-20(28)26-19/h2-11,29H,12-14,25H2,1H3,(H,26,28)/t23-,24+. The van der Waals surface area contributed by atoms with Crippen molar-refractivity contribution in [2.24, 2.45) is 5.73 Å². The second kappa shape index (κ2) is 6.65. The molecule has 3 aromatic rings. The molecule has 0 unspecified atom stereocenters. The Balaban J connectivity index is 1.57. The number of carbonyl (C=O) groups is 1. The number of hydrogen-bond donors (Lipinski definition) is 3. The van der Waals surface area contributed by atoms with E-state index >= 15 is 0 Å². The van der Waals surface area contributed by atoms with Gasteiger partial charge in [0.15, 0.2) is 6.61 Å². The fourth-order valence-corrected chi connectivity index (χ4v) is 4.55. The third kappa shape index (κ3) is 3.24. The molecule has 0 saturated heterocycles. The van der Waals surface area contributed by atoms with Crippen LogP contribution in [-0.2, 0) is 10.3 Å². The zero-order valence-corrected chi connectivity index (χ0v) is 16.7. The van der Waals surface area contributed by atoms with Crippen LogP contribution in [-0.4, -0.2) is 28.2 Å². The van der Waals surface area contributed by atoms with Crippen LogP contribution < -0.4 is 15.8 Å². The lowest BCUT2D eigenvalue weighted by Crippen LogP contribution is -2.58. The smallest absolute Gasteiger partial charge is 0.262 e. The van der Waals surface area contributed by atoms with Crippen molar-refractivity contribution < 1.29 is 14.6 Å². The van der Waals surface area contributed by atoms with Crippen LogP contribution in [0, 0.1) is 0 Å². The fraction of sp³-hybridized carbons (Fsp3) is 0.250. The van der Waals surface area contributed by atoms with Gasteiger partial charge in [0.2, 0.25) is 5.88 Å². The van der Waals surface area contributed by atoms with Gasteiger partial charge in [0.25, 0.3) is 5.91 Å². The molecular formula is C24H23N3O3. The molecular weight excluding hydrogens is 378 g/mol. The molecule has 2 heterocycles. The molecule has 1 amide bonds. The molecule has 0 radical (unpaired) electrons. The fourth-order valence-electron chi connectivity index (χ4n) is 4.55. The third-order valence-electron chi connectivity index (χ3n) is 5.81. The molecule has 152 valence electrons. The second-order valence-electron chi connectivity index (χ2n) is 8.52. The van der Waals surface area contributed by atoms with Crippen LogP contribution in [0.1, 0.15) is 25.3 Å². The van der Waals surface area contributed by atoms with E-state index < -0.39 is 11.1 Å². The lowest BCUT2D eigenvalue weighted by Gasteiger charge is -2.49. The number of nitrogens with zero attached hydrogens (tertiary/aromatic N) is 1. The summed E-state index contributed by atoms with van der Waals surface area (Å²) in [4.78, 5) is 16.5. The molecule has 6 nitrogen and oxygen atoms in total. The Bertz CT molecular complexity index is 1120. The Morgan fingerprint density at radius 2 is 1.77 bits per heavy atom. The van der Waals surface area contributed by atoms with E-state index in [-0.39, 0.29) is 12.5 Å². The average molecular weight is 401 g/mol. The summed E-state index contributed by atoms with van der Waals surface area (Å²) in [7, 11) is 0. The van der Waals surface area contributed by atoms with E-state index in [9.17, 15) is 9.90 Å². The number of nitrogens with two attached hydrogens (primary N) is 1. The van der Waals surface area contributed by atoms with E-state index in [2.05, 4.69) is 5.32 Å². The summed E-state index contributed by atoms with van der Waals surface area (Å²) >= 11 is 0. The van der Waals surface area contributed by atoms with E-state index in [0.717, 1.165) is 27.9 Å². The molecule has 2 aliphatic rings. The monoisotopic (exact) mass is 401 g/mol. The zero-order chi connectivity index (χ0) is 20.9. The first-order chi connectivity index (χ1) is 14.3. The number of pyridine rings is 1. The first-order valence-electron chi connectivity index (χ1n) is 9.98. The van der Waals surface area contributed by atoms with Crippen molar-refractivity contribution in [2.45, 2.75) is 30.9 Å². The minimum absolute atomic E-state index is 0.0430. The highest BCUT2D eigenvalue weighted by atomic mass is 16.5. The van der Waals surface area contributed by atoms with Crippen molar-refractivity contribution in [3.8, 4) is 28.3 Å². The number of rotatable bonds is 3. The van der Waals surface area contributed by atoms with E-state index in [1.807, 2.05) is 67.6 Å². The van der Waals surface area contributed by atoms with Gasteiger partial charge >= 0.3 is 0 Å². The summed E-state index contributed by atoms with van der Waals surface area (Å²) in [6, 6.07) is 19.8. The molecule has 1 aliphatic carbocycles. The van der Waals surface area contributed by atoms with Gasteiger partial charge in [-0.25, -0.2) is 4.98 Å². The minimum Gasteiger partial charge on any atom is -0.466 e. The van der Waals surface area contributed by atoms with Gasteiger partial charge in [0.1, 0.15) is 5.69 Å². The maximum Gasteiger partial charge on any atom is 0.262 e. The maximum absolute atomic E-state index is 11.7. The number of carbonyl (C=O) groups excluding carboxylic acids is 1. The highest BCUT2D eigenvalue weighted by Crippen LogP contribution is 2.46. The number of hydrogen-bond acceptors (Lipinski definition) is 5. The number of nitrogens with one attached hydrogen (secondary N) is 1. The van der Waals surface area contributed by atoms with Crippen molar-refractivity contribution in [1.29, 1.82) is 0 Å². The Morgan fingerprint density at radius 1 is 1.07 bits per heavy atom. The summed E-state index contributed by atoms with van der Waals surface area (Å²) in [5.74, 6) is 0.226. The maximum atomic E-state index is 11.7. The first-order valence-corrected chi connectivity index (χ1v) is 9.98. The van der Waals surface area contributed by atoms with Gasteiger partial charge in [-0.3, -0.25) is 4.79 Å². The molecule has 1 saturated carbocycles. The van der Waals surface area contributed by atoms with Gasteiger partial charge in [-0.1, -0.05) is 54.6 Å². The molecule has 0 spiro atoms. The highest BCUT2D eigenvalue weighted by molar-refractivity contribution is 5.97. The summed E-state index contributed by atoms with van der Waals surface area (Å²) in [6.07, 6.45) is 1.08. The van der Waals surface area contributed by atoms with E-state index in [4.69, 9.17) is 15.5 Å². The number of fused-ring (bicyclic) bond motifs is 1. The Labute approximate surface area is 174 Å². The zero-order valence-electron chi connectivity index (χ0n) is 16.7. The Kier molecular flexibility index (Phi) is 4.17. The van der Waals surface area contributed by atoms with Crippen LogP contribution in [0.25, 0.3) is 22.4 Å². The highest BCUT2D eigenvalue weighted by Gasteiger charge is 2.49. The van der Waals surface area contributed by atoms with Gasteiger partial charge in [-0.05, 0) is 37.0 Å². The summed E-state index contributed by atoms with van der Waals surface area (Å²) in [5.41, 5.74) is 10.5. The normalized spacial score (nSPS) is 25.0. The SMILES string of the molecule is C[C@]1(O)C[C@](N)(c2ccc(-c3nc4c(cc3-c3ccccc3)NC(=O)CO4)cc2)C1. The van der Waals surface area contributed by atoms with Crippen LogP contribution >= 0.6 is 0 Å². The molecule has 4 N–H and O–H groups in total. The van der Waals surface area contributed by atoms with Gasteiger partial charge in [0.05, 0.1) is 11.3 Å². The number of ether oxygens (including phenoxy) is 1. The predicted molar refractivity (Wildman–Crippen MR) is 115 cm³/mol. The molecule has 5 rings (SSSR count). The van der Waals surface area contributed by atoms with E-state index in [0.29, 0.717) is 24.4 Å². The summed E-state index contributed by atoms with van der Waals surface area (Å²) < 4.78 is 5.55. The van der Waals surface area contributed by atoms with Gasteiger partial charge in [-0.2, -0.15) is 0 Å². The minimum atomic E-state index is -0.699. The van der Waals surface area contributed by atoms with Crippen molar-refractivity contribution in [1.82, 2.24) is 4.98 Å². The summed E-state index contributed by atoms with van der Waals surface area (Å²) in [5, 5.41) is 12.9. The predicted octanol–water partition coefficient (Wildman–Crippen LogP) is 3.45. The number of aromatic nitrogens is 1. The van der Waals surface area contributed by atoms with Crippen molar-refractivity contribution in [2.75, 3.05) is 11.9 Å². The first kappa shape index (κ1) is 18.8. The molecule has 1 aromatic heterocycles. The molecule has 1 fully saturated rings. The van der Waals surface area contributed by atoms with Crippen molar-refractivity contribution in [3.63, 3.8) is 0 Å². The van der Waals surface area contributed by atoms with Gasteiger partial charge in [0, 0.05) is 16.7 Å². The molecule has 1 aliphatic heterocycles. The number of amides is 1. The lowest BCUT2D eigenvalue weighted by atomic mass is 9.63. The molecule has 0 bridgehead atoms. The number of anilines is 1. The van der Waals surface area contributed by atoms with Gasteiger partial charge in [-0.15, -0.1) is 0 Å². The molecule has 6 heteroatoms. The number of benzene rings is 2. The third-order valence-corrected chi connectivity index (χ3v) is 5.81. The van der Waals surface area contributed by atoms with Crippen LogP contribution in [0.15, 0.2) is 60.7 Å². The Morgan fingerprint density at radius 3 is 2.43 bits per heavy atom. The van der Waals surface area contributed by atoms with Crippen LogP contribution in [0.4, 0.5) is 5.69 Å².